The molecule has 0 amide bonds. The first-order valence-corrected chi connectivity index (χ1v) is 7.98. The largest absolute Gasteiger partial charge is 0.290 e. The summed E-state index contributed by atoms with van der Waals surface area (Å²) in [6.45, 7) is 2.07. The Balaban J connectivity index is 1.58. The minimum atomic E-state index is 0.339. The molecule has 5 heteroatoms. The quantitative estimate of drug-likeness (QED) is 0.743. The van der Waals surface area contributed by atoms with Gasteiger partial charge in [0.15, 0.2) is 5.82 Å². The molecule has 1 atom stereocenters. The molecule has 1 aliphatic heterocycles. The van der Waals surface area contributed by atoms with E-state index in [9.17, 15) is 0 Å². The van der Waals surface area contributed by atoms with Gasteiger partial charge in [0, 0.05) is 18.9 Å². The lowest BCUT2D eigenvalue weighted by atomic mass is 10.1. The number of nitrogens with zero attached hydrogens (tertiary/aromatic N) is 5. The second-order valence-electron chi connectivity index (χ2n) is 5.89. The molecule has 0 saturated carbocycles. The van der Waals surface area contributed by atoms with Crippen LogP contribution in [0.25, 0.3) is 5.82 Å². The van der Waals surface area contributed by atoms with Crippen molar-refractivity contribution < 1.29 is 0 Å². The topological polar surface area (TPSA) is 46.8 Å². The van der Waals surface area contributed by atoms with E-state index in [-0.39, 0.29) is 0 Å². The summed E-state index contributed by atoms with van der Waals surface area (Å²) in [5.41, 5.74) is 2.39. The Bertz CT molecular complexity index is 754. The number of hydrogen-bond acceptors (Lipinski definition) is 4. The van der Waals surface area contributed by atoms with Gasteiger partial charge in [0.1, 0.15) is 6.33 Å². The Kier molecular flexibility index (Phi) is 3.86. The fourth-order valence-electron chi connectivity index (χ4n) is 3.22. The molecular formula is C18H19N5. The van der Waals surface area contributed by atoms with E-state index in [0.717, 1.165) is 31.0 Å². The number of benzene rings is 1. The molecule has 1 aromatic carbocycles. The van der Waals surface area contributed by atoms with Crippen molar-refractivity contribution in [3.05, 3.63) is 72.7 Å². The monoisotopic (exact) mass is 305 g/mol. The number of imidazole rings is 1. The van der Waals surface area contributed by atoms with Gasteiger partial charge >= 0.3 is 0 Å². The molecule has 0 N–H and O–H groups in total. The van der Waals surface area contributed by atoms with Gasteiger partial charge in [-0.05, 0) is 24.9 Å². The molecule has 1 fully saturated rings. The van der Waals surface area contributed by atoms with E-state index in [2.05, 4.69) is 45.2 Å². The predicted molar refractivity (Wildman–Crippen MR) is 88.0 cm³/mol. The van der Waals surface area contributed by atoms with Crippen molar-refractivity contribution in [1.82, 2.24) is 24.4 Å². The van der Waals surface area contributed by atoms with Crippen molar-refractivity contribution >= 4 is 0 Å². The van der Waals surface area contributed by atoms with Gasteiger partial charge in [-0.2, -0.15) is 0 Å². The normalized spacial score (nSPS) is 18.3. The van der Waals surface area contributed by atoms with Gasteiger partial charge in [0.2, 0.25) is 0 Å². The SMILES string of the molecule is c1ccc(CN2CCCC2c2cncc(-n3ccnc3)n2)cc1. The number of hydrogen-bond donors (Lipinski definition) is 0. The Morgan fingerprint density at radius 1 is 1.09 bits per heavy atom. The minimum Gasteiger partial charge on any atom is -0.290 e. The van der Waals surface area contributed by atoms with Gasteiger partial charge in [0.05, 0.1) is 24.1 Å². The zero-order chi connectivity index (χ0) is 15.5. The van der Waals surface area contributed by atoms with E-state index in [4.69, 9.17) is 4.98 Å². The van der Waals surface area contributed by atoms with Crippen LogP contribution in [-0.2, 0) is 6.54 Å². The zero-order valence-electron chi connectivity index (χ0n) is 12.9. The van der Waals surface area contributed by atoms with E-state index >= 15 is 0 Å². The molecule has 1 saturated heterocycles. The molecule has 1 aliphatic rings. The summed E-state index contributed by atoms with van der Waals surface area (Å²) in [7, 11) is 0. The van der Waals surface area contributed by atoms with Crippen molar-refractivity contribution in [3.8, 4) is 5.82 Å². The molecule has 2 aromatic heterocycles. The highest BCUT2D eigenvalue weighted by molar-refractivity contribution is 5.22. The third-order valence-corrected chi connectivity index (χ3v) is 4.34. The van der Waals surface area contributed by atoms with Crippen LogP contribution in [0.1, 0.15) is 30.1 Å². The second-order valence-corrected chi connectivity index (χ2v) is 5.89. The minimum absolute atomic E-state index is 0.339. The lowest BCUT2D eigenvalue weighted by Gasteiger charge is -2.24. The van der Waals surface area contributed by atoms with Crippen LogP contribution in [-0.4, -0.2) is 31.0 Å². The Labute approximate surface area is 135 Å². The number of rotatable bonds is 4. The van der Waals surface area contributed by atoms with E-state index in [1.165, 1.54) is 12.0 Å². The summed E-state index contributed by atoms with van der Waals surface area (Å²) in [4.78, 5) is 15.8. The first kappa shape index (κ1) is 14.1. The third-order valence-electron chi connectivity index (χ3n) is 4.34. The lowest BCUT2D eigenvalue weighted by Crippen LogP contribution is -2.23. The molecule has 0 radical (unpaired) electrons. The van der Waals surface area contributed by atoms with Crippen LogP contribution in [0.15, 0.2) is 61.4 Å². The van der Waals surface area contributed by atoms with Crippen molar-refractivity contribution in [2.75, 3.05) is 6.54 Å². The van der Waals surface area contributed by atoms with Crippen LogP contribution in [0.2, 0.25) is 0 Å². The van der Waals surface area contributed by atoms with Crippen LogP contribution in [0, 0.1) is 0 Å². The fourth-order valence-corrected chi connectivity index (χ4v) is 3.22. The van der Waals surface area contributed by atoms with Crippen LogP contribution >= 0.6 is 0 Å². The zero-order valence-corrected chi connectivity index (χ0v) is 12.9. The van der Waals surface area contributed by atoms with Gasteiger partial charge in [-0.1, -0.05) is 30.3 Å². The summed E-state index contributed by atoms with van der Waals surface area (Å²) in [5.74, 6) is 0.826. The maximum atomic E-state index is 4.81. The van der Waals surface area contributed by atoms with Crippen molar-refractivity contribution in [2.24, 2.45) is 0 Å². The molecule has 116 valence electrons. The molecule has 1 unspecified atom stereocenters. The van der Waals surface area contributed by atoms with Gasteiger partial charge in [-0.3, -0.25) is 14.5 Å². The van der Waals surface area contributed by atoms with Crippen molar-refractivity contribution in [2.45, 2.75) is 25.4 Å². The Morgan fingerprint density at radius 2 is 2.00 bits per heavy atom. The van der Waals surface area contributed by atoms with E-state index in [0.29, 0.717) is 6.04 Å². The molecule has 0 bridgehead atoms. The third kappa shape index (κ3) is 3.00. The van der Waals surface area contributed by atoms with Gasteiger partial charge < -0.3 is 0 Å². The molecule has 3 aromatic rings. The summed E-state index contributed by atoms with van der Waals surface area (Å²) in [6.07, 6.45) is 11.4. The first-order chi connectivity index (χ1) is 11.4. The van der Waals surface area contributed by atoms with Crippen LogP contribution in [0.3, 0.4) is 0 Å². The van der Waals surface area contributed by atoms with Crippen molar-refractivity contribution in [3.63, 3.8) is 0 Å². The standard InChI is InChI=1S/C18H19N5/c1-2-5-15(6-3-1)13-22-9-4-7-17(22)16-11-20-12-18(21-16)23-10-8-19-14-23/h1-3,5-6,8,10-12,14,17H,4,7,9,13H2. The van der Waals surface area contributed by atoms with Crippen LogP contribution < -0.4 is 0 Å². The lowest BCUT2D eigenvalue weighted by molar-refractivity contribution is 0.244. The highest BCUT2D eigenvalue weighted by Crippen LogP contribution is 2.32. The highest BCUT2D eigenvalue weighted by Gasteiger charge is 2.27. The second kappa shape index (κ2) is 6.30. The average molecular weight is 305 g/mol. The molecule has 0 spiro atoms. The molecule has 23 heavy (non-hydrogen) atoms. The van der Waals surface area contributed by atoms with E-state index in [1.807, 2.05) is 17.0 Å². The Hall–Kier alpha value is -2.53. The smallest absolute Gasteiger partial charge is 0.156 e. The van der Waals surface area contributed by atoms with Crippen LogP contribution in [0.4, 0.5) is 0 Å². The average Bonchev–Trinajstić information content (AvgIpc) is 3.28. The fraction of sp³-hybridized carbons (Fsp3) is 0.278. The maximum absolute atomic E-state index is 4.81. The molecular weight excluding hydrogens is 286 g/mol. The number of likely N-dealkylation sites (tertiary alicyclic amines) is 1. The first-order valence-electron chi connectivity index (χ1n) is 7.98. The molecule has 3 heterocycles. The maximum Gasteiger partial charge on any atom is 0.156 e. The Morgan fingerprint density at radius 3 is 2.83 bits per heavy atom. The molecule has 0 aliphatic carbocycles. The molecule has 4 rings (SSSR count). The van der Waals surface area contributed by atoms with Crippen LogP contribution in [0.5, 0.6) is 0 Å². The number of aromatic nitrogens is 4. The summed E-state index contributed by atoms with van der Waals surface area (Å²) in [6, 6.07) is 11.0. The van der Waals surface area contributed by atoms with Gasteiger partial charge in [0.25, 0.3) is 0 Å². The summed E-state index contributed by atoms with van der Waals surface area (Å²) in [5, 5.41) is 0. The predicted octanol–water partition coefficient (Wildman–Crippen LogP) is 3.00. The van der Waals surface area contributed by atoms with Gasteiger partial charge in [-0.15, -0.1) is 0 Å². The highest BCUT2D eigenvalue weighted by atomic mass is 15.2. The van der Waals surface area contributed by atoms with Crippen molar-refractivity contribution in [1.29, 1.82) is 0 Å². The molecule has 5 nitrogen and oxygen atoms in total. The summed E-state index contributed by atoms with van der Waals surface area (Å²) >= 11 is 0. The van der Waals surface area contributed by atoms with Gasteiger partial charge in [-0.25, -0.2) is 9.97 Å². The summed E-state index contributed by atoms with van der Waals surface area (Å²) < 4.78 is 1.90. The van der Waals surface area contributed by atoms with E-state index in [1.54, 1.807) is 18.7 Å². The van der Waals surface area contributed by atoms with E-state index < -0.39 is 0 Å².